The molecule has 0 aliphatic heterocycles. The van der Waals surface area contributed by atoms with Crippen LogP contribution in [0.3, 0.4) is 0 Å². The Morgan fingerprint density at radius 1 is 1.19 bits per heavy atom. The summed E-state index contributed by atoms with van der Waals surface area (Å²) in [5.74, 6) is -0.901. The van der Waals surface area contributed by atoms with Gasteiger partial charge < -0.3 is 5.73 Å². The van der Waals surface area contributed by atoms with E-state index in [1.165, 1.54) is 12.1 Å². The molecule has 0 heterocycles. The molecule has 0 unspecified atom stereocenters. The average Bonchev–Trinajstić information content (AvgIpc) is 2.45. The Labute approximate surface area is 121 Å². The Kier molecular flexibility index (Phi) is 4.21. The fraction of sp³-hybridized carbons (Fsp3) is 0.0714. The van der Waals surface area contributed by atoms with Gasteiger partial charge in [0.1, 0.15) is 10.7 Å². The largest absolute Gasteiger partial charge is 0.398 e. The summed E-state index contributed by atoms with van der Waals surface area (Å²) in [6.07, 6.45) is 0. The predicted octanol–water partition coefficient (Wildman–Crippen LogP) is 1.76. The van der Waals surface area contributed by atoms with Gasteiger partial charge in [-0.05, 0) is 29.8 Å². The third kappa shape index (κ3) is 3.37. The summed E-state index contributed by atoms with van der Waals surface area (Å²) in [5, 5.41) is 8.68. The molecule has 0 radical (unpaired) electrons. The number of anilines is 1. The lowest BCUT2D eigenvalue weighted by atomic mass is 10.1. The minimum absolute atomic E-state index is 0.0260. The van der Waals surface area contributed by atoms with E-state index in [0.717, 1.165) is 6.07 Å². The Balaban J connectivity index is 2.20. The Morgan fingerprint density at radius 3 is 2.43 bits per heavy atom. The molecule has 3 N–H and O–H groups in total. The van der Waals surface area contributed by atoms with Crippen molar-refractivity contribution < 1.29 is 12.8 Å². The van der Waals surface area contributed by atoms with Gasteiger partial charge in [0, 0.05) is 6.54 Å². The maximum Gasteiger partial charge on any atom is 0.245 e. The quantitative estimate of drug-likeness (QED) is 0.841. The number of halogens is 1. The second kappa shape index (κ2) is 5.91. The van der Waals surface area contributed by atoms with E-state index in [9.17, 15) is 12.8 Å². The predicted molar refractivity (Wildman–Crippen MR) is 76.0 cm³/mol. The first-order chi connectivity index (χ1) is 9.94. The molecule has 0 spiro atoms. The van der Waals surface area contributed by atoms with Crippen molar-refractivity contribution in [2.45, 2.75) is 11.4 Å². The van der Waals surface area contributed by atoms with Crippen LogP contribution in [0.25, 0.3) is 0 Å². The van der Waals surface area contributed by atoms with Crippen LogP contribution in [0.4, 0.5) is 10.1 Å². The second-order valence-corrected chi connectivity index (χ2v) is 6.00. The molecule has 0 fully saturated rings. The van der Waals surface area contributed by atoms with E-state index in [1.807, 2.05) is 6.07 Å². The normalized spacial score (nSPS) is 11.0. The number of sulfonamides is 1. The number of nitrogen functional groups attached to an aromatic ring is 1. The fourth-order valence-corrected chi connectivity index (χ4v) is 2.96. The number of hydrogen-bond donors (Lipinski definition) is 2. The molecule has 0 aliphatic rings. The van der Waals surface area contributed by atoms with Crippen LogP contribution in [0.1, 0.15) is 11.1 Å². The van der Waals surface area contributed by atoms with Crippen molar-refractivity contribution in [1.29, 1.82) is 5.26 Å². The molecule has 21 heavy (non-hydrogen) atoms. The van der Waals surface area contributed by atoms with Crippen LogP contribution in [0, 0.1) is 17.1 Å². The highest BCUT2D eigenvalue weighted by Gasteiger charge is 2.21. The number of nitrogens with one attached hydrogen (secondary N) is 1. The molecule has 108 valence electrons. The third-order valence-electron chi connectivity index (χ3n) is 2.82. The van der Waals surface area contributed by atoms with Crippen LogP contribution in [0.5, 0.6) is 0 Å². The highest BCUT2D eigenvalue weighted by molar-refractivity contribution is 7.89. The molecule has 0 aliphatic carbocycles. The Morgan fingerprint density at radius 2 is 1.86 bits per heavy atom. The Bertz CT molecular complexity index is 776. The third-order valence-corrected chi connectivity index (χ3v) is 4.31. The maximum atomic E-state index is 13.6. The van der Waals surface area contributed by atoms with Gasteiger partial charge in [-0.3, -0.25) is 0 Å². The van der Waals surface area contributed by atoms with Crippen molar-refractivity contribution in [1.82, 2.24) is 4.72 Å². The fourth-order valence-electron chi connectivity index (χ4n) is 1.76. The second-order valence-electron chi connectivity index (χ2n) is 4.29. The van der Waals surface area contributed by atoms with Crippen LogP contribution < -0.4 is 10.5 Å². The summed E-state index contributed by atoms with van der Waals surface area (Å²) in [7, 11) is -4.05. The van der Waals surface area contributed by atoms with Crippen molar-refractivity contribution in [3.63, 3.8) is 0 Å². The van der Waals surface area contributed by atoms with E-state index in [-0.39, 0.29) is 12.2 Å². The molecule has 0 amide bonds. The number of nitriles is 1. The van der Waals surface area contributed by atoms with Crippen LogP contribution in [-0.2, 0) is 16.6 Å². The van der Waals surface area contributed by atoms with E-state index in [2.05, 4.69) is 4.72 Å². The van der Waals surface area contributed by atoms with Crippen LogP contribution in [0.2, 0.25) is 0 Å². The first kappa shape index (κ1) is 15.0. The van der Waals surface area contributed by atoms with E-state index in [1.54, 1.807) is 24.3 Å². The first-order valence-electron chi connectivity index (χ1n) is 5.97. The molecule has 0 saturated heterocycles. The van der Waals surface area contributed by atoms with Crippen molar-refractivity contribution in [2.24, 2.45) is 0 Å². The molecule has 0 bridgehead atoms. The zero-order chi connectivity index (χ0) is 15.5. The molecule has 0 aromatic heterocycles. The molecule has 5 nitrogen and oxygen atoms in total. The SMILES string of the molecule is N#Cc1ccc(CNS(=O)(=O)c2c(N)cccc2F)cc1. The molecule has 7 heteroatoms. The summed E-state index contributed by atoms with van der Waals surface area (Å²) in [5.41, 5.74) is 6.49. The van der Waals surface area contributed by atoms with Gasteiger partial charge in [-0.1, -0.05) is 18.2 Å². The molecule has 2 rings (SSSR count). The van der Waals surface area contributed by atoms with Crippen molar-refractivity contribution in [2.75, 3.05) is 5.73 Å². The molecular weight excluding hydrogens is 293 g/mol. The lowest BCUT2D eigenvalue weighted by Gasteiger charge is -2.10. The topological polar surface area (TPSA) is 96.0 Å². The lowest BCUT2D eigenvalue weighted by Crippen LogP contribution is -2.25. The highest BCUT2D eigenvalue weighted by Crippen LogP contribution is 2.21. The minimum atomic E-state index is -4.05. The average molecular weight is 305 g/mol. The lowest BCUT2D eigenvalue weighted by molar-refractivity contribution is 0.558. The zero-order valence-electron chi connectivity index (χ0n) is 10.9. The Hall–Kier alpha value is -2.43. The first-order valence-corrected chi connectivity index (χ1v) is 7.45. The molecule has 0 atom stereocenters. The number of benzene rings is 2. The van der Waals surface area contributed by atoms with Crippen LogP contribution in [-0.4, -0.2) is 8.42 Å². The van der Waals surface area contributed by atoms with Gasteiger partial charge in [0.15, 0.2) is 0 Å². The van der Waals surface area contributed by atoms with E-state index in [4.69, 9.17) is 11.0 Å². The smallest absolute Gasteiger partial charge is 0.245 e. The van der Waals surface area contributed by atoms with Gasteiger partial charge in [0.2, 0.25) is 10.0 Å². The van der Waals surface area contributed by atoms with Crippen LogP contribution >= 0.6 is 0 Å². The summed E-state index contributed by atoms with van der Waals surface area (Å²) in [6.45, 7) is -0.0260. The molecule has 2 aromatic rings. The van der Waals surface area contributed by atoms with Gasteiger partial charge in [-0.25, -0.2) is 17.5 Å². The van der Waals surface area contributed by atoms with Gasteiger partial charge >= 0.3 is 0 Å². The molecular formula is C14H12FN3O2S. The monoisotopic (exact) mass is 305 g/mol. The summed E-state index contributed by atoms with van der Waals surface area (Å²) >= 11 is 0. The number of nitrogens with zero attached hydrogens (tertiary/aromatic N) is 1. The van der Waals surface area contributed by atoms with Gasteiger partial charge in [-0.2, -0.15) is 5.26 Å². The number of rotatable bonds is 4. The zero-order valence-corrected chi connectivity index (χ0v) is 11.7. The maximum absolute atomic E-state index is 13.6. The van der Waals surface area contributed by atoms with Crippen molar-refractivity contribution in [3.05, 3.63) is 59.4 Å². The number of hydrogen-bond acceptors (Lipinski definition) is 4. The highest BCUT2D eigenvalue weighted by atomic mass is 32.2. The van der Waals surface area contributed by atoms with Crippen molar-refractivity contribution in [3.8, 4) is 6.07 Å². The standard InChI is InChI=1S/C14H12FN3O2S/c15-12-2-1-3-13(17)14(12)21(19,20)18-9-11-6-4-10(8-16)5-7-11/h1-7,18H,9,17H2. The molecule has 2 aromatic carbocycles. The van der Waals surface area contributed by atoms with E-state index in [0.29, 0.717) is 11.1 Å². The van der Waals surface area contributed by atoms with Crippen LogP contribution in [0.15, 0.2) is 47.4 Å². The van der Waals surface area contributed by atoms with Gasteiger partial charge in [0.25, 0.3) is 0 Å². The number of nitrogens with two attached hydrogens (primary N) is 1. The summed E-state index contributed by atoms with van der Waals surface area (Å²) in [4.78, 5) is -0.557. The van der Waals surface area contributed by atoms with Crippen molar-refractivity contribution >= 4 is 15.7 Å². The van der Waals surface area contributed by atoms with Gasteiger partial charge in [0.05, 0.1) is 17.3 Å². The van der Waals surface area contributed by atoms with Gasteiger partial charge in [-0.15, -0.1) is 0 Å². The molecule has 0 saturated carbocycles. The van der Waals surface area contributed by atoms with E-state index < -0.39 is 20.7 Å². The summed E-state index contributed by atoms with van der Waals surface area (Å²) < 4.78 is 40.1. The van der Waals surface area contributed by atoms with E-state index >= 15 is 0 Å². The minimum Gasteiger partial charge on any atom is -0.398 e. The summed E-state index contributed by atoms with van der Waals surface area (Å²) in [6, 6.07) is 12.0.